The summed E-state index contributed by atoms with van der Waals surface area (Å²) in [6.07, 6.45) is 6.49. The van der Waals surface area contributed by atoms with Crippen LogP contribution in [0.2, 0.25) is 5.02 Å². The molecule has 0 spiro atoms. The van der Waals surface area contributed by atoms with Crippen molar-refractivity contribution in [2.45, 2.75) is 65.8 Å². The zero-order chi connectivity index (χ0) is 15.0. The molecule has 1 rings (SSSR count). The highest BCUT2D eigenvalue weighted by molar-refractivity contribution is 6.30. The van der Waals surface area contributed by atoms with Crippen molar-refractivity contribution < 1.29 is 0 Å². The molecule has 114 valence electrons. The Labute approximate surface area is 130 Å². The number of rotatable bonds is 9. The van der Waals surface area contributed by atoms with Crippen molar-refractivity contribution >= 4 is 11.6 Å². The van der Waals surface area contributed by atoms with Crippen LogP contribution < -0.4 is 5.32 Å². The molecule has 20 heavy (non-hydrogen) atoms. The van der Waals surface area contributed by atoms with Gasteiger partial charge >= 0.3 is 0 Å². The predicted octanol–water partition coefficient (Wildman–Crippen LogP) is 5.91. The number of nitrogens with one attached hydrogen (secondary N) is 1. The minimum atomic E-state index is 0.457. The Morgan fingerprint density at radius 1 is 1.20 bits per heavy atom. The predicted molar refractivity (Wildman–Crippen MR) is 90.5 cm³/mol. The zero-order valence-corrected chi connectivity index (χ0v) is 14.3. The Hall–Kier alpha value is -0.530. The van der Waals surface area contributed by atoms with Crippen LogP contribution in [0.5, 0.6) is 0 Å². The van der Waals surface area contributed by atoms with Crippen LogP contribution >= 0.6 is 11.6 Å². The normalized spacial score (nSPS) is 14.2. The average Bonchev–Trinajstić information content (AvgIpc) is 2.42. The highest BCUT2D eigenvalue weighted by Gasteiger charge is 2.17. The first kappa shape index (κ1) is 17.5. The van der Waals surface area contributed by atoms with Crippen molar-refractivity contribution in [1.29, 1.82) is 0 Å². The first-order valence-electron chi connectivity index (χ1n) is 8.11. The largest absolute Gasteiger partial charge is 0.310 e. The first-order valence-corrected chi connectivity index (χ1v) is 8.49. The van der Waals surface area contributed by atoms with Gasteiger partial charge in [-0.15, -0.1) is 0 Å². The lowest BCUT2D eigenvalue weighted by atomic mass is 9.88. The van der Waals surface area contributed by atoms with E-state index >= 15 is 0 Å². The monoisotopic (exact) mass is 295 g/mol. The molecule has 0 saturated heterocycles. The molecule has 0 fully saturated rings. The zero-order valence-electron chi connectivity index (χ0n) is 13.5. The molecule has 0 aliphatic carbocycles. The summed E-state index contributed by atoms with van der Waals surface area (Å²) in [7, 11) is 0. The van der Waals surface area contributed by atoms with E-state index in [2.05, 4.69) is 45.1 Å². The molecule has 0 heterocycles. The van der Waals surface area contributed by atoms with E-state index in [1.54, 1.807) is 0 Å². The lowest BCUT2D eigenvalue weighted by Gasteiger charge is -2.25. The molecule has 0 radical (unpaired) electrons. The summed E-state index contributed by atoms with van der Waals surface area (Å²) in [5, 5.41) is 4.49. The highest BCUT2D eigenvalue weighted by Crippen LogP contribution is 2.29. The minimum absolute atomic E-state index is 0.457. The van der Waals surface area contributed by atoms with Gasteiger partial charge in [-0.25, -0.2) is 0 Å². The van der Waals surface area contributed by atoms with Crippen molar-refractivity contribution in [3.63, 3.8) is 0 Å². The molecule has 0 saturated carbocycles. The number of benzene rings is 1. The van der Waals surface area contributed by atoms with Gasteiger partial charge in [0.25, 0.3) is 0 Å². The molecule has 1 N–H and O–H groups in total. The Morgan fingerprint density at radius 2 is 1.95 bits per heavy atom. The van der Waals surface area contributed by atoms with Gasteiger partial charge in [-0.1, -0.05) is 64.1 Å². The second kappa shape index (κ2) is 9.41. The second-order valence-electron chi connectivity index (χ2n) is 5.76. The van der Waals surface area contributed by atoms with Crippen LogP contribution in [0.3, 0.4) is 0 Å². The van der Waals surface area contributed by atoms with E-state index in [1.165, 1.54) is 43.2 Å². The summed E-state index contributed by atoms with van der Waals surface area (Å²) in [6, 6.07) is 6.74. The maximum Gasteiger partial charge on any atom is 0.0408 e. The molecular formula is C18H30ClN. The Balaban J connectivity index is 2.81. The van der Waals surface area contributed by atoms with Crippen LogP contribution in [0.1, 0.15) is 70.0 Å². The fourth-order valence-corrected chi connectivity index (χ4v) is 3.14. The van der Waals surface area contributed by atoms with Crippen molar-refractivity contribution in [3.8, 4) is 0 Å². The van der Waals surface area contributed by atoms with E-state index in [-0.39, 0.29) is 0 Å². The summed E-state index contributed by atoms with van der Waals surface area (Å²) < 4.78 is 0. The fraction of sp³-hybridized carbons (Fsp3) is 0.667. The van der Waals surface area contributed by atoms with Crippen molar-refractivity contribution in [2.75, 3.05) is 6.54 Å². The molecule has 1 nitrogen and oxygen atoms in total. The van der Waals surface area contributed by atoms with Gasteiger partial charge in [0.15, 0.2) is 0 Å². The second-order valence-corrected chi connectivity index (χ2v) is 6.20. The third kappa shape index (κ3) is 5.46. The number of hydrogen-bond donors (Lipinski definition) is 1. The summed E-state index contributed by atoms with van der Waals surface area (Å²) in [5.74, 6) is 0.814. The fourth-order valence-electron chi connectivity index (χ4n) is 2.91. The van der Waals surface area contributed by atoms with Crippen molar-refractivity contribution in [1.82, 2.24) is 5.32 Å². The van der Waals surface area contributed by atoms with Crippen LogP contribution in [0.25, 0.3) is 0 Å². The summed E-state index contributed by atoms with van der Waals surface area (Å²) in [4.78, 5) is 0. The maximum absolute atomic E-state index is 6.08. The molecule has 2 heteroatoms. The molecule has 0 aromatic heterocycles. The summed E-state index contributed by atoms with van der Waals surface area (Å²) in [5.41, 5.74) is 2.71. The van der Waals surface area contributed by atoms with Crippen LogP contribution in [0.4, 0.5) is 0 Å². The van der Waals surface area contributed by atoms with E-state index < -0.39 is 0 Å². The maximum atomic E-state index is 6.08. The van der Waals surface area contributed by atoms with Crippen molar-refractivity contribution in [3.05, 3.63) is 34.3 Å². The van der Waals surface area contributed by atoms with Gasteiger partial charge < -0.3 is 5.32 Å². The highest BCUT2D eigenvalue weighted by atomic mass is 35.5. The van der Waals surface area contributed by atoms with Crippen LogP contribution in [0.15, 0.2) is 18.2 Å². The van der Waals surface area contributed by atoms with Crippen molar-refractivity contribution in [2.24, 2.45) is 5.92 Å². The molecule has 2 atom stereocenters. The quantitative estimate of drug-likeness (QED) is 0.597. The van der Waals surface area contributed by atoms with E-state index in [1.807, 2.05) is 6.07 Å². The lowest BCUT2D eigenvalue weighted by Crippen LogP contribution is -2.24. The molecule has 1 aromatic rings. The SMILES string of the molecule is CCCCC(CC)CC(NCC)c1ccc(Cl)cc1C. The topological polar surface area (TPSA) is 12.0 Å². The molecule has 2 unspecified atom stereocenters. The van der Waals surface area contributed by atoms with Gasteiger partial charge in [-0.05, 0) is 49.1 Å². The van der Waals surface area contributed by atoms with Crippen LogP contribution in [-0.2, 0) is 0 Å². The van der Waals surface area contributed by atoms with E-state index in [0.29, 0.717) is 6.04 Å². The van der Waals surface area contributed by atoms with Gasteiger partial charge in [-0.3, -0.25) is 0 Å². The molecule has 0 aliphatic rings. The molecule has 0 aliphatic heterocycles. The molecule has 0 bridgehead atoms. The van der Waals surface area contributed by atoms with Crippen LogP contribution in [-0.4, -0.2) is 6.54 Å². The standard InChI is InChI=1S/C18H30ClN/c1-5-8-9-15(6-2)13-18(20-7-3)17-11-10-16(19)12-14(17)4/h10-12,15,18,20H,5-9,13H2,1-4H3. The Morgan fingerprint density at radius 3 is 2.50 bits per heavy atom. The van der Waals surface area contributed by atoms with Gasteiger partial charge in [0.1, 0.15) is 0 Å². The van der Waals surface area contributed by atoms with E-state index in [9.17, 15) is 0 Å². The average molecular weight is 296 g/mol. The molecule has 1 aromatic carbocycles. The third-order valence-electron chi connectivity index (χ3n) is 4.17. The number of aryl methyl sites for hydroxylation is 1. The van der Waals surface area contributed by atoms with Crippen LogP contribution in [0, 0.1) is 12.8 Å². The summed E-state index contributed by atoms with van der Waals surface area (Å²) >= 11 is 6.08. The smallest absolute Gasteiger partial charge is 0.0408 e. The van der Waals surface area contributed by atoms with Gasteiger partial charge in [0.05, 0.1) is 0 Å². The minimum Gasteiger partial charge on any atom is -0.310 e. The van der Waals surface area contributed by atoms with Gasteiger partial charge in [0.2, 0.25) is 0 Å². The Kier molecular flexibility index (Phi) is 8.25. The number of halogens is 1. The van der Waals surface area contributed by atoms with Gasteiger partial charge in [0, 0.05) is 11.1 Å². The Bertz CT molecular complexity index is 389. The lowest BCUT2D eigenvalue weighted by molar-refractivity contribution is 0.356. The molecular weight excluding hydrogens is 266 g/mol. The first-order chi connectivity index (χ1) is 9.62. The van der Waals surface area contributed by atoms with E-state index in [0.717, 1.165) is 17.5 Å². The van der Waals surface area contributed by atoms with E-state index in [4.69, 9.17) is 11.6 Å². The number of unbranched alkanes of at least 4 members (excludes halogenated alkanes) is 1. The third-order valence-corrected chi connectivity index (χ3v) is 4.41. The molecule has 0 amide bonds. The summed E-state index contributed by atoms with van der Waals surface area (Å²) in [6.45, 7) is 9.95. The van der Waals surface area contributed by atoms with Gasteiger partial charge in [-0.2, -0.15) is 0 Å². The number of hydrogen-bond acceptors (Lipinski definition) is 1.